The van der Waals surface area contributed by atoms with E-state index in [0.29, 0.717) is 23.1 Å². The molecule has 0 atom stereocenters. The molecule has 2 aromatic rings. The first-order valence-corrected chi connectivity index (χ1v) is 7.35. The number of carbonyl (C=O) groups is 1. The van der Waals surface area contributed by atoms with Gasteiger partial charge in [0.1, 0.15) is 10.6 Å². The van der Waals surface area contributed by atoms with Gasteiger partial charge in [-0.25, -0.2) is 9.50 Å². The zero-order chi connectivity index (χ0) is 15.1. The fourth-order valence-electron chi connectivity index (χ4n) is 1.80. The van der Waals surface area contributed by atoms with Crippen LogP contribution in [0.15, 0.2) is 10.5 Å². The predicted molar refractivity (Wildman–Crippen MR) is 80.1 cm³/mol. The van der Waals surface area contributed by atoms with E-state index in [2.05, 4.69) is 26.0 Å². The number of esters is 1. The van der Waals surface area contributed by atoms with Crippen molar-refractivity contribution in [2.45, 2.75) is 33.1 Å². The Morgan fingerprint density at radius 3 is 2.80 bits per heavy atom. The monoisotopic (exact) mass is 359 g/mol. The smallest absolute Gasteiger partial charge is 0.317 e. The summed E-state index contributed by atoms with van der Waals surface area (Å²) in [6, 6.07) is 1.64. The summed E-state index contributed by atoms with van der Waals surface area (Å²) in [4.78, 5) is 16.6. The summed E-state index contributed by atoms with van der Waals surface area (Å²) in [7, 11) is 0. The van der Waals surface area contributed by atoms with Gasteiger partial charge in [0.15, 0.2) is 5.65 Å². The van der Waals surface area contributed by atoms with Gasteiger partial charge in [0, 0.05) is 0 Å². The van der Waals surface area contributed by atoms with E-state index >= 15 is 0 Å². The number of rotatable bonds is 3. The molecule has 0 aliphatic carbocycles. The normalized spacial score (nSPS) is 11.9. The number of hydrogen-bond donors (Lipinski definition) is 0. The van der Waals surface area contributed by atoms with Gasteiger partial charge >= 0.3 is 5.97 Å². The van der Waals surface area contributed by atoms with Gasteiger partial charge in [0.05, 0.1) is 22.5 Å². The Bertz CT molecular complexity index is 682. The van der Waals surface area contributed by atoms with Crippen LogP contribution in [0.5, 0.6) is 0 Å². The molecule has 0 radical (unpaired) electrons. The summed E-state index contributed by atoms with van der Waals surface area (Å²) in [6.45, 7) is 7.47. The molecule has 2 aromatic heterocycles. The zero-order valence-corrected chi connectivity index (χ0v) is 14.0. The van der Waals surface area contributed by atoms with E-state index in [-0.39, 0.29) is 5.97 Å². The van der Waals surface area contributed by atoms with Crippen molar-refractivity contribution in [2.75, 3.05) is 6.61 Å². The highest BCUT2D eigenvalue weighted by Gasteiger charge is 2.34. The molecule has 0 amide bonds. The average molecular weight is 361 g/mol. The van der Waals surface area contributed by atoms with Crippen LogP contribution in [0.25, 0.3) is 5.65 Å². The molecule has 0 saturated heterocycles. The van der Waals surface area contributed by atoms with Crippen LogP contribution in [-0.4, -0.2) is 27.2 Å². The zero-order valence-electron chi connectivity index (χ0n) is 11.7. The Morgan fingerprint density at radius 1 is 1.55 bits per heavy atom. The molecule has 0 saturated carbocycles. The van der Waals surface area contributed by atoms with Crippen molar-refractivity contribution in [2.24, 2.45) is 0 Å². The molecule has 0 spiro atoms. The molecule has 0 aliphatic heterocycles. The third-order valence-electron chi connectivity index (χ3n) is 3.08. The van der Waals surface area contributed by atoms with Crippen LogP contribution in [0.3, 0.4) is 0 Å². The van der Waals surface area contributed by atoms with Crippen molar-refractivity contribution in [3.05, 3.63) is 27.1 Å². The maximum atomic E-state index is 12.1. The number of fused-ring (bicyclic) bond motifs is 1. The van der Waals surface area contributed by atoms with E-state index in [0.717, 1.165) is 10.2 Å². The molecule has 0 unspecified atom stereocenters. The minimum Gasteiger partial charge on any atom is -0.465 e. The predicted octanol–water partition coefficient (Wildman–Crippen LogP) is 3.29. The second-order valence-electron chi connectivity index (χ2n) is 4.94. The molecule has 20 heavy (non-hydrogen) atoms. The van der Waals surface area contributed by atoms with Gasteiger partial charge in [-0.2, -0.15) is 5.10 Å². The minimum atomic E-state index is -0.876. The molecule has 0 aromatic carbocycles. The molecular formula is C13H15BrClN3O2. The summed E-state index contributed by atoms with van der Waals surface area (Å²) >= 11 is 9.66. The van der Waals surface area contributed by atoms with Crippen molar-refractivity contribution < 1.29 is 9.53 Å². The van der Waals surface area contributed by atoms with Gasteiger partial charge < -0.3 is 4.74 Å². The van der Waals surface area contributed by atoms with E-state index < -0.39 is 5.41 Å². The lowest BCUT2D eigenvalue weighted by Gasteiger charge is -2.22. The van der Waals surface area contributed by atoms with Crippen LogP contribution in [-0.2, 0) is 14.9 Å². The highest BCUT2D eigenvalue weighted by Crippen LogP contribution is 2.29. The summed E-state index contributed by atoms with van der Waals surface area (Å²) in [6.07, 6.45) is 0. The van der Waals surface area contributed by atoms with Crippen molar-refractivity contribution in [1.29, 1.82) is 0 Å². The number of ether oxygens (including phenoxy) is 1. The van der Waals surface area contributed by atoms with E-state index in [1.54, 1.807) is 26.8 Å². The highest BCUT2D eigenvalue weighted by atomic mass is 79.9. The molecule has 0 fully saturated rings. The van der Waals surface area contributed by atoms with Crippen LogP contribution in [0, 0.1) is 6.92 Å². The Labute approximate surface area is 130 Å². The Hall–Kier alpha value is -1.14. The summed E-state index contributed by atoms with van der Waals surface area (Å²) in [5, 5.41) is 4.67. The molecular weight excluding hydrogens is 346 g/mol. The number of nitrogens with zero attached hydrogens (tertiary/aromatic N) is 3. The van der Waals surface area contributed by atoms with Crippen molar-refractivity contribution >= 4 is 39.1 Å². The third kappa shape index (κ3) is 2.42. The SMILES string of the molecule is CCOC(=O)C(C)(C)c1cc(Cl)n2nc(C)c(Br)c2n1. The lowest BCUT2D eigenvalue weighted by Crippen LogP contribution is -2.32. The van der Waals surface area contributed by atoms with E-state index in [1.807, 2.05) is 6.92 Å². The first kappa shape index (κ1) is 15.3. The Kier molecular flexibility index (Phi) is 4.07. The highest BCUT2D eigenvalue weighted by molar-refractivity contribution is 9.10. The maximum absolute atomic E-state index is 12.1. The molecule has 2 heterocycles. The van der Waals surface area contributed by atoms with Crippen LogP contribution in [0.4, 0.5) is 0 Å². The van der Waals surface area contributed by atoms with Gasteiger partial charge in [0.25, 0.3) is 0 Å². The van der Waals surface area contributed by atoms with Crippen molar-refractivity contribution in [3.63, 3.8) is 0 Å². The van der Waals surface area contributed by atoms with E-state index in [9.17, 15) is 4.79 Å². The topological polar surface area (TPSA) is 56.5 Å². The lowest BCUT2D eigenvalue weighted by molar-refractivity contribution is -0.148. The maximum Gasteiger partial charge on any atom is 0.317 e. The average Bonchev–Trinajstić information content (AvgIpc) is 2.67. The standard InChI is InChI=1S/C13H15BrClN3O2/c1-5-20-12(19)13(3,4)8-6-9(15)18-11(16-8)10(14)7(2)17-18/h6H,5H2,1-4H3. The molecule has 108 valence electrons. The Morgan fingerprint density at radius 2 is 2.20 bits per heavy atom. The van der Waals surface area contributed by atoms with Gasteiger partial charge in [-0.15, -0.1) is 0 Å². The van der Waals surface area contributed by atoms with Gasteiger partial charge in [-0.1, -0.05) is 11.6 Å². The molecule has 2 rings (SSSR count). The molecule has 0 bridgehead atoms. The third-order valence-corrected chi connectivity index (χ3v) is 4.27. The van der Waals surface area contributed by atoms with Crippen molar-refractivity contribution in [1.82, 2.24) is 14.6 Å². The minimum absolute atomic E-state index is 0.327. The fourth-order valence-corrected chi connectivity index (χ4v) is 2.36. The molecule has 0 aliphatic rings. The number of aryl methyl sites for hydroxylation is 1. The van der Waals surface area contributed by atoms with Crippen LogP contribution in [0.2, 0.25) is 5.15 Å². The lowest BCUT2D eigenvalue weighted by atomic mass is 9.89. The molecule has 0 N–H and O–H groups in total. The van der Waals surface area contributed by atoms with Crippen LogP contribution < -0.4 is 0 Å². The van der Waals surface area contributed by atoms with E-state index in [1.165, 1.54) is 4.52 Å². The summed E-state index contributed by atoms with van der Waals surface area (Å²) < 4.78 is 7.39. The van der Waals surface area contributed by atoms with Crippen LogP contribution in [0.1, 0.15) is 32.2 Å². The van der Waals surface area contributed by atoms with E-state index in [4.69, 9.17) is 16.3 Å². The van der Waals surface area contributed by atoms with Gasteiger partial charge in [-0.05, 0) is 49.7 Å². The number of halogens is 2. The fraction of sp³-hybridized carbons (Fsp3) is 0.462. The van der Waals surface area contributed by atoms with Gasteiger partial charge in [0.2, 0.25) is 0 Å². The second-order valence-corrected chi connectivity index (χ2v) is 6.12. The number of hydrogen-bond acceptors (Lipinski definition) is 4. The number of aromatic nitrogens is 3. The van der Waals surface area contributed by atoms with Crippen molar-refractivity contribution in [3.8, 4) is 0 Å². The summed E-state index contributed by atoms with van der Waals surface area (Å²) in [5.74, 6) is -0.333. The summed E-state index contributed by atoms with van der Waals surface area (Å²) in [5.41, 5.74) is 1.04. The largest absolute Gasteiger partial charge is 0.465 e. The molecule has 5 nitrogen and oxygen atoms in total. The first-order valence-electron chi connectivity index (χ1n) is 6.18. The number of carbonyl (C=O) groups excluding carboxylic acids is 1. The van der Waals surface area contributed by atoms with Crippen LogP contribution >= 0.6 is 27.5 Å². The van der Waals surface area contributed by atoms with Gasteiger partial charge in [-0.3, -0.25) is 4.79 Å². The Balaban J connectivity index is 2.61. The molecule has 7 heteroatoms. The first-order chi connectivity index (χ1) is 9.28. The quantitative estimate of drug-likeness (QED) is 0.622. The second kappa shape index (κ2) is 5.33.